The van der Waals surface area contributed by atoms with Crippen LogP contribution in [0, 0.1) is 0 Å². The van der Waals surface area contributed by atoms with Gasteiger partial charge in [-0.3, -0.25) is 4.90 Å². The maximum absolute atomic E-state index is 3.50. The average molecular weight is 210 g/mol. The van der Waals surface area contributed by atoms with E-state index in [9.17, 15) is 0 Å². The van der Waals surface area contributed by atoms with Crippen LogP contribution in [0.15, 0.2) is 0 Å². The summed E-state index contributed by atoms with van der Waals surface area (Å²) in [5.41, 5.74) is 0. The van der Waals surface area contributed by atoms with Gasteiger partial charge in [0, 0.05) is 19.1 Å². The highest BCUT2D eigenvalue weighted by Crippen LogP contribution is 2.21. The van der Waals surface area contributed by atoms with Crippen LogP contribution in [0.25, 0.3) is 0 Å². The van der Waals surface area contributed by atoms with Gasteiger partial charge in [-0.05, 0) is 32.4 Å². The Balaban J connectivity index is 1.82. The third kappa shape index (κ3) is 3.76. The number of hydrogen-bond donors (Lipinski definition) is 1. The Morgan fingerprint density at radius 2 is 1.47 bits per heavy atom. The van der Waals surface area contributed by atoms with Crippen molar-refractivity contribution in [3.05, 3.63) is 0 Å². The van der Waals surface area contributed by atoms with Gasteiger partial charge < -0.3 is 5.32 Å². The second kappa shape index (κ2) is 6.49. The van der Waals surface area contributed by atoms with Crippen molar-refractivity contribution < 1.29 is 0 Å². The molecule has 1 heterocycles. The maximum Gasteiger partial charge on any atom is 0.0110 e. The summed E-state index contributed by atoms with van der Waals surface area (Å²) < 4.78 is 0. The van der Waals surface area contributed by atoms with E-state index in [-0.39, 0.29) is 0 Å². The molecule has 1 N–H and O–H groups in total. The fourth-order valence-corrected chi connectivity index (χ4v) is 3.03. The highest BCUT2D eigenvalue weighted by Gasteiger charge is 2.19. The van der Waals surface area contributed by atoms with Gasteiger partial charge >= 0.3 is 0 Å². The van der Waals surface area contributed by atoms with E-state index < -0.39 is 0 Å². The van der Waals surface area contributed by atoms with Crippen molar-refractivity contribution in [2.24, 2.45) is 0 Å². The molecule has 0 radical (unpaired) electrons. The SMILES string of the molecule is C1CCCC(N2CCCNCC2)CCC1. The Labute approximate surface area is 94.4 Å². The molecule has 0 atom stereocenters. The van der Waals surface area contributed by atoms with Crippen molar-refractivity contribution in [1.29, 1.82) is 0 Å². The van der Waals surface area contributed by atoms with E-state index in [4.69, 9.17) is 0 Å². The lowest BCUT2D eigenvalue weighted by Gasteiger charge is -2.31. The first-order valence-corrected chi connectivity index (χ1v) is 6.91. The van der Waals surface area contributed by atoms with E-state index in [1.807, 2.05) is 0 Å². The van der Waals surface area contributed by atoms with Gasteiger partial charge in [0.2, 0.25) is 0 Å². The van der Waals surface area contributed by atoms with Gasteiger partial charge in [0.15, 0.2) is 0 Å². The van der Waals surface area contributed by atoms with E-state index in [2.05, 4.69) is 10.2 Å². The molecule has 1 aliphatic heterocycles. The molecule has 1 saturated carbocycles. The molecule has 15 heavy (non-hydrogen) atoms. The Morgan fingerprint density at radius 1 is 0.733 bits per heavy atom. The quantitative estimate of drug-likeness (QED) is 0.715. The molecule has 0 aromatic heterocycles. The summed E-state index contributed by atoms with van der Waals surface area (Å²) in [5, 5.41) is 3.50. The first kappa shape index (κ1) is 11.4. The topological polar surface area (TPSA) is 15.3 Å². The summed E-state index contributed by atoms with van der Waals surface area (Å²) in [5.74, 6) is 0. The van der Waals surface area contributed by atoms with Gasteiger partial charge in [0.05, 0.1) is 0 Å². The van der Waals surface area contributed by atoms with Crippen molar-refractivity contribution in [3.63, 3.8) is 0 Å². The van der Waals surface area contributed by atoms with Crippen LogP contribution in [-0.2, 0) is 0 Å². The zero-order valence-electron chi connectivity index (χ0n) is 10.0. The third-order valence-corrected chi connectivity index (χ3v) is 3.97. The second-order valence-corrected chi connectivity index (χ2v) is 5.14. The van der Waals surface area contributed by atoms with Crippen molar-refractivity contribution in [2.75, 3.05) is 26.2 Å². The molecule has 0 aromatic rings. The second-order valence-electron chi connectivity index (χ2n) is 5.14. The minimum Gasteiger partial charge on any atom is -0.315 e. The standard InChI is InChI=1S/C13H26N2/c1-2-4-7-13(8-5-3-1)15-11-6-9-14-10-12-15/h13-14H,1-12H2. The Kier molecular flexibility index (Phi) is 4.94. The zero-order chi connectivity index (χ0) is 10.3. The number of rotatable bonds is 1. The van der Waals surface area contributed by atoms with Gasteiger partial charge in [-0.15, -0.1) is 0 Å². The molecule has 2 aliphatic rings. The lowest BCUT2D eigenvalue weighted by atomic mass is 9.95. The van der Waals surface area contributed by atoms with E-state index in [1.165, 1.54) is 77.5 Å². The molecule has 88 valence electrons. The Bertz CT molecular complexity index is 154. The molecule has 0 amide bonds. The first-order chi connectivity index (χ1) is 7.47. The maximum atomic E-state index is 3.50. The molecular formula is C13H26N2. The lowest BCUT2D eigenvalue weighted by Crippen LogP contribution is -2.38. The van der Waals surface area contributed by atoms with Crippen molar-refractivity contribution in [3.8, 4) is 0 Å². The molecule has 0 aromatic carbocycles. The Morgan fingerprint density at radius 3 is 2.27 bits per heavy atom. The highest BCUT2D eigenvalue weighted by molar-refractivity contribution is 4.76. The summed E-state index contributed by atoms with van der Waals surface area (Å²) in [6.07, 6.45) is 11.6. The summed E-state index contributed by atoms with van der Waals surface area (Å²) in [6, 6.07) is 0.908. The predicted molar refractivity (Wildman–Crippen MR) is 65.2 cm³/mol. The van der Waals surface area contributed by atoms with Crippen LogP contribution in [0.1, 0.15) is 51.4 Å². The highest BCUT2D eigenvalue weighted by atomic mass is 15.2. The molecule has 0 spiro atoms. The molecule has 2 heteroatoms. The van der Waals surface area contributed by atoms with Crippen molar-refractivity contribution in [1.82, 2.24) is 10.2 Å². The fourth-order valence-electron chi connectivity index (χ4n) is 3.03. The molecular weight excluding hydrogens is 184 g/mol. The molecule has 2 nitrogen and oxygen atoms in total. The van der Waals surface area contributed by atoms with Crippen LogP contribution >= 0.6 is 0 Å². The van der Waals surface area contributed by atoms with E-state index in [0.717, 1.165) is 6.04 Å². The largest absolute Gasteiger partial charge is 0.315 e. The summed E-state index contributed by atoms with van der Waals surface area (Å²) in [6.45, 7) is 5.04. The molecule has 1 aliphatic carbocycles. The van der Waals surface area contributed by atoms with Gasteiger partial charge in [0.25, 0.3) is 0 Å². The zero-order valence-corrected chi connectivity index (χ0v) is 10.0. The first-order valence-electron chi connectivity index (χ1n) is 6.91. The fraction of sp³-hybridized carbons (Fsp3) is 1.00. The molecule has 2 rings (SSSR count). The number of hydrogen-bond acceptors (Lipinski definition) is 2. The van der Waals surface area contributed by atoms with E-state index in [0.29, 0.717) is 0 Å². The smallest absolute Gasteiger partial charge is 0.0110 e. The van der Waals surface area contributed by atoms with E-state index in [1.54, 1.807) is 0 Å². The predicted octanol–water partition coefficient (Wildman–Crippen LogP) is 2.39. The lowest BCUT2D eigenvalue weighted by molar-refractivity contribution is 0.176. The van der Waals surface area contributed by atoms with Crippen molar-refractivity contribution in [2.45, 2.75) is 57.4 Å². The van der Waals surface area contributed by atoms with Crippen LogP contribution < -0.4 is 5.32 Å². The minimum atomic E-state index is 0.908. The van der Waals surface area contributed by atoms with Crippen molar-refractivity contribution >= 4 is 0 Å². The normalized spacial score (nSPS) is 28.0. The average Bonchev–Trinajstić information content (AvgIpc) is 2.45. The molecule has 2 fully saturated rings. The van der Waals surface area contributed by atoms with Gasteiger partial charge in [-0.25, -0.2) is 0 Å². The molecule has 1 saturated heterocycles. The third-order valence-electron chi connectivity index (χ3n) is 3.97. The van der Waals surface area contributed by atoms with E-state index >= 15 is 0 Å². The minimum absolute atomic E-state index is 0.908. The van der Waals surface area contributed by atoms with Crippen LogP contribution in [0.2, 0.25) is 0 Å². The Hall–Kier alpha value is -0.0800. The van der Waals surface area contributed by atoms with Gasteiger partial charge in [-0.2, -0.15) is 0 Å². The van der Waals surface area contributed by atoms with Crippen LogP contribution in [-0.4, -0.2) is 37.1 Å². The van der Waals surface area contributed by atoms with Gasteiger partial charge in [-0.1, -0.05) is 32.1 Å². The summed E-state index contributed by atoms with van der Waals surface area (Å²) in [7, 11) is 0. The van der Waals surface area contributed by atoms with Crippen LogP contribution in [0.5, 0.6) is 0 Å². The van der Waals surface area contributed by atoms with Crippen LogP contribution in [0.3, 0.4) is 0 Å². The van der Waals surface area contributed by atoms with Crippen LogP contribution in [0.4, 0.5) is 0 Å². The summed E-state index contributed by atoms with van der Waals surface area (Å²) >= 11 is 0. The monoisotopic (exact) mass is 210 g/mol. The summed E-state index contributed by atoms with van der Waals surface area (Å²) in [4.78, 5) is 2.76. The molecule has 0 unspecified atom stereocenters. The molecule has 0 bridgehead atoms. The number of nitrogens with one attached hydrogen (secondary N) is 1. The van der Waals surface area contributed by atoms with Gasteiger partial charge in [0.1, 0.15) is 0 Å². The number of nitrogens with zero attached hydrogens (tertiary/aromatic N) is 1.